The van der Waals surface area contributed by atoms with Gasteiger partial charge in [0.05, 0.1) is 5.56 Å². The van der Waals surface area contributed by atoms with Crippen molar-refractivity contribution in [1.29, 1.82) is 5.26 Å². The number of hydrogen-bond acceptors (Lipinski definition) is 4. The van der Waals surface area contributed by atoms with E-state index in [1.807, 2.05) is 0 Å². The van der Waals surface area contributed by atoms with E-state index in [4.69, 9.17) is 10.4 Å². The minimum absolute atomic E-state index is 0.0486. The molecule has 0 unspecified atom stereocenters. The Morgan fingerprint density at radius 1 is 1.26 bits per heavy atom. The molecule has 3 rings (SSSR count). The number of aliphatic imine (C=N–C) groups is 1. The number of nitrogens with one attached hydrogen (secondary N) is 2. The number of halogens is 3. The third-order valence-electron chi connectivity index (χ3n) is 5.61. The van der Waals surface area contributed by atoms with Crippen LogP contribution >= 0.6 is 0 Å². The zero-order valence-electron chi connectivity index (χ0n) is 19.0. The SMILES string of the molecule is N#CN=C(Nc1cc(C(=CCCCC(=O)O)c2cccnc2)cc(C(F)(F)F)c1)NC1CCCC1. The number of hydrogen-bond donors (Lipinski definition) is 3. The Bertz CT molecular complexity index is 1120. The number of pyridine rings is 1. The first-order valence-electron chi connectivity index (χ1n) is 11.3. The Hall–Kier alpha value is -3.87. The van der Waals surface area contributed by atoms with Crippen molar-refractivity contribution in [3.63, 3.8) is 0 Å². The maximum absolute atomic E-state index is 13.8. The van der Waals surface area contributed by atoms with Crippen LogP contribution in [0, 0.1) is 11.5 Å². The topological polar surface area (TPSA) is 110 Å². The second kappa shape index (κ2) is 12.0. The molecule has 10 heteroatoms. The van der Waals surface area contributed by atoms with Crippen LogP contribution in [0.2, 0.25) is 0 Å². The van der Waals surface area contributed by atoms with Crippen molar-refractivity contribution in [1.82, 2.24) is 10.3 Å². The van der Waals surface area contributed by atoms with E-state index in [-0.39, 0.29) is 29.7 Å². The maximum atomic E-state index is 13.8. The molecule has 1 aliphatic rings. The highest BCUT2D eigenvalue weighted by Gasteiger charge is 2.32. The average Bonchev–Trinajstić information content (AvgIpc) is 3.32. The van der Waals surface area contributed by atoms with Gasteiger partial charge in [-0.25, -0.2) is 0 Å². The first-order valence-corrected chi connectivity index (χ1v) is 11.3. The van der Waals surface area contributed by atoms with Gasteiger partial charge >= 0.3 is 12.1 Å². The number of carbonyl (C=O) groups is 1. The summed E-state index contributed by atoms with van der Waals surface area (Å²) in [6.07, 6.45) is 6.41. The number of nitrogens with zero attached hydrogens (tertiary/aromatic N) is 3. The first kappa shape index (κ1) is 25.7. The number of aliphatic carboxylic acids is 1. The molecular weight excluding hydrogens is 459 g/mol. The molecule has 3 N–H and O–H groups in total. The zero-order valence-corrected chi connectivity index (χ0v) is 19.0. The van der Waals surface area contributed by atoms with Crippen molar-refractivity contribution in [2.75, 3.05) is 5.32 Å². The van der Waals surface area contributed by atoms with E-state index in [1.165, 1.54) is 0 Å². The van der Waals surface area contributed by atoms with E-state index < -0.39 is 17.7 Å². The molecule has 184 valence electrons. The fraction of sp³-hybridized carbons (Fsp3) is 0.360. The Labute approximate surface area is 201 Å². The number of aromatic nitrogens is 1. The summed E-state index contributed by atoms with van der Waals surface area (Å²) in [6.45, 7) is 0. The lowest BCUT2D eigenvalue weighted by Crippen LogP contribution is -2.37. The molecule has 0 atom stereocenters. The van der Waals surface area contributed by atoms with E-state index in [2.05, 4.69) is 20.6 Å². The highest BCUT2D eigenvalue weighted by Crippen LogP contribution is 2.35. The molecule has 1 heterocycles. The van der Waals surface area contributed by atoms with Crippen molar-refractivity contribution in [2.45, 2.75) is 57.2 Å². The smallest absolute Gasteiger partial charge is 0.416 e. The van der Waals surface area contributed by atoms with Gasteiger partial charge in [0.1, 0.15) is 0 Å². The van der Waals surface area contributed by atoms with E-state index in [1.54, 1.807) is 42.9 Å². The number of alkyl halides is 3. The minimum atomic E-state index is -4.61. The molecule has 7 nitrogen and oxygen atoms in total. The lowest BCUT2D eigenvalue weighted by atomic mass is 9.95. The molecule has 1 aliphatic carbocycles. The summed E-state index contributed by atoms with van der Waals surface area (Å²) in [7, 11) is 0. The third-order valence-corrected chi connectivity index (χ3v) is 5.61. The Kier molecular flexibility index (Phi) is 8.84. The molecule has 1 aromatic carbocycles. The van der Waals surface area contributed by atoms with Crippen LogP contribution in [-0.2, 0) is 11.0 Å². The number of unbranched alkanes of at least 4 members (excludes halogenated alkanes) is 1. The molecule has 2 aromatic rings. The molecular formula is C25H26F3N5O2. The van der Waals surface area contributed by atoms with E-state index in [0.29, 0.717) is 24.0 Å². The Balaban J connectivity index is 2.00. The van der Waals surface area contributed by atoms with Gasteiger partial charge in [-0.2, -0.15) is 18.4 Å². The molecule has 0 spiro atoms. The Morgan fingerprint density at radius 3 is 2.66 bits per heavy atom. The molecule has 35 heavy (non-hydrogen) atoms. The minimum Gasteiger partial charge on any atom is -0.481 e. The summed E-state index contributed by atoms with van der Waals surface area (Å²) in [5, 5.41) is 23.9. The van der Waals surface area contributed by atoms with Gasteiger partial charge in [-0.1, -0.05) is 25.0 Å². The maximum Gasteiger partial charge on any atom is 0.416 e. The normalized spacial score (nSPS) is 15.0. The number of nitriles is 1. The van der Waals surface area contributed by atoms with Crippen LogP contribution in [0.25, 0.3) is 5.57 Å². The predicted octanol–water partition coefficient (Wildman–Crippen LogP) is 5.57. The van der Waals surface area contributed by atoms with E-state index >= 15 is 0 Å². The fourth-order valence-electron chi connectivity index (χ4n) is 3.99. The number of allylic oxidation sites excluding steroid dienone is 1. The number of carboxylic acid groups (broad SMARTS) is 1. The molecule has 0 saturated heterocycles. The van der Waals surface area contributed by atoms with Crippen LogP contribution in [-0.4, -0.2) is 28.1 Å². The Morgan fingerprint density at radius 2 is 2.03 bits per heavy atom. The standard InChI is InChI=1S/C25H26F3N5O2/c26-25(27,28)19-12-18(22(9-3-4-10-23(34)35)17-6-5-11-30-15-17)13-21(14-19)33-24(31-16-29)32-20-7-1-2-8-20/h5-6,9,11-15,20H,1-4,7-8,10H2,(H,34,35)(H2,31,32,33). The van der Waals surface area contributed by atoms with Crippen molar-refractivity contribution >= 4 is 23.2 Å². The molecule has 0 radical (unpaired) electrons. The van der Waals surface area contributed by atoms with E-state index in [0.717, 1.165) is 37.8 Å². The van der Waals surface area contributed by atoms with Gasteiger partial charge in [0.15, 0.2) is 0 Å². The molecule has 1 aromatic heterocycles. The van der Waals surface area contributed by atoms with Gasteiger partial charge < -0.3 is 15.7 Å². The van der Waals surface area contributed by atoms with Crippen LogP contribution < -0.4 is 10.6 Å². The van der Waals surface area contributed by atoms with Gasteiger partial charge in [0.25, 0.3) is 0 Å². The van der Waals surface area contributed by atoms with Crippen LogP contribution in [0.3, 0.4) is 0 Å². The summed E-state index contributed by atoms with van der Waals surface area (Å²) < 4.78 is 41.4. The second-order valence-corrected chi connectivity index (χ2v) is 8.25. The summed E-state index contributed by atoms with van der Waals surface area (Å²) in [5.41, 5.74) is 0.635. The van der Waals surface area contributed by atoms with E-state index in [9.17, 15) is 18.0 Å². The van der Waals surface area contributed by atoms with Crippen molar-refractivity contribution in [3.05, 3.63) is 65.5 Å². The summed E-state index contributed by atoms with van der Waals surface area (Å²) in [5.74, 6) is -0.844. The van der Waals surface area contributed by atoms with Crippen molar-refractivity contribution < 1.29 is 23.1 Å². The lowest BCUT2D eigenvalue weighted by Gasteiger charge is -2.19. The van der Waals surface area contributed by atoms with Crippen molar-refractivity contribution in [3.8, 4) is 6.19 Å². The van der Waals surface area contributed by atoms with Gasteiger partial charge in [-0.3, -0.25) is 9.78 Å². The fourth-order valence-corrected chi connectivity index (χ4v) is 3.99. The first-order chi connectivity index (χ1) is 16.8. The molecule has 0 bridgehead atoms. The van der Waals surface area contributed by atoms with Crippen molar-refractivity contribution in [2.24, 2.45) is 4.99 Å². The van der Waals surface area contributed by atoms with Crippen LogP contribution in [0.4, 0.5) is 18.9 Å². The van der Waals surface area contributed by atoms with Gasteiger partial charge in [-0.15, -0.1) is 4.99 Å². The predicted molar refractivity (Wildman–Crippen MR) is 126 cm³/mol. The lowest BCUT2D eigenvalue weighted by molar-refractivity contribution is -0.138. The number of anilines is 1. The quantitative estimate of drug-likeness (QED) is 0.195. The summed E-state index contributed by atoms with van der Waals surface area (Å²) >= 11 is 0. The van der Waals surface area contributed by atoms with Crippen LogP contribution in [0.5, 0.6) is 0 Å². The molecule has 0 amide bonds. The number of benzene rings is 1. The number of rotatable bonds is 8. The monoisotopic (exact) mass is 485 g/mol. The largest absolute Gasteiger partial charge is 0.481 e. The summed E-state index contributed by atoms with van der Waals surface area (Å²) in [4.78, 5) is 18.7. The molecule has 1 saturated carbocycles. The average molecular weight is 486 g/mol. The molecule has 1 fully saturated rings. The second-order valence-electron chi connectivity index (χ2n) is 8.25. The zero-order chi connectivity index (χ0) is 25.3. The number of guanidine groups is 1. The third kappa shape index (κ3) is 7.84. The highest BCUT2D eigenvalue weighted by atomic mass is 19.4. The van der Waals surface area contributed by atoms with Gasteiger partial charge in [-0.05, 0) is 61.1 Å². The number of carboxylic acids is 1. The van der Waals surface area contributed by atoms with Gasteiger partial charge in [0, 0.05) is 36.1 Å². The van der Waals surface area contributed by atoms with Crippen LogP contribution in [0.1, 0.15) is 61.6 Å². The summed E-state index contributed by atoms with van der Waals surface area (Å²) in [6, 6.07) is 7.07. The van der Waals surface area contributed by atoms with Crippen LogP contribution in [0.15, 0.2) is 53.8 Å². The molecule has 0 aliphatic heterocycles. The highest BCUT2D eigenvalue weighted by molar-refractivity contribution is 5.95. The van der Waals surface area contributed by atoms with Gasteiger partial charge in [0.2, 0.25) is 12.2 Å².